The molecule has 1 heterocycles. The van der Waals surface area contributed by atoms with Crippen molar-refractivity contribution in [1.82, 2.24) is 5.32 Å². The van der Waals surface area contributed by atoms with E-state index in [0.717, 1.165) is 0 Å². The first-order chi connectivity index (χ1) is 7.99. The number of amides is 2. The average molecular weight is 237 g/mol. The summed E-state index contributed by atoms with van der Waals surface area (Å²) in [5.41, 5.74) is 5.94. The standard InChI is InChI=1S/C11H12FN3O2/c1-6-11(17)14-10(16)5-15(6)9-3-2-7(13)4-8(9)12/h2-4,6H,5,13H2,1H3,(H,14,16,17). The summed E-state index contributed by atoms with van der Waals surface area (Å²) >= 11 is 0. The predicted molar refractivity (Wildman–Crippen MR) is 60.8 cm³/mol. The van der Waals surface area contributed by atoms with Crippen molar-refractivity contribution in [2.45, 2.75) is 13.0 Å². The van der Waals surface area contributed by atoms with Gasteiger partial charge in [-0.25, -0.2) is 4.39 Å². The average Bonchev–Trinajstić information content (AvgIpc) is 2.24. The molecule has 1 saturated heterocycles. The van der Waals surface area contributed by atoms with Gasteiger partial charge in [0.05, 0.1) is 12.2 Å². The van der Waals surface area contributed by atoms with Crippen molar-refractivity contribution in [2.75, 3.05) is 17.2 Å². The van der Waals surface area contributed by atoms with E-state index in [4.69, 9.17) is 5.73 Å². The lowest BCUT2D eigenvalue weighted by atomic mass is 10.1. The summed E-state index contributed by atoms with van der Waals surface area (Å²) in [4.78, 5) is 24.1. The van der Waals surface area contributed by atoms with Crippen LogP contribution in [0.2, 0.25) is 0 Å². The zero-order valence-electron chi connectivity index (χ0n) is 9.24. The van der Waals surface area contributed by atoms with Gasteiger partial charge >= 0.3 is 0 Å². The van der Waals surface area contributed by atoms with Gasteiger partial charge in [0.2, 0.25) is 11.8 Å². The molecule has 5 nitrogen and oxygen atoms in total. The summed E-state index contributed by atoms with van der Waals surface area (Å²) in [6.07, 6.45) is 0. The van der Waals surface area contributed by atoms with Gasteiger partial charge in [-0.2, -0.15) is 0 Å². The number of hydrogen-bond donors (Lipinski definition) is 2. The highest BCUT2D eigenvalue weighted by atomic mass is 19.1. The minimum absolute atomic E-state index is 0.0479. The lowest BCUT2D eigenvalue weighted by Crippen LogP contribution is -2.57. The second-order valence-corrected chi connectivity index (χ2v) is 3.93. The number of nitrogens with two attached hydrogens (primary N) is 1. The van der Waals surface area contributed by atoms with Crippen LogP contribution >= 0.6 is 0 Å². The molecule has 1 atom stereocenters. The van der Waals surface area contributed by atoms with Gasteiger partial charge in [0, 0.05) is 5.69 Å². The van der Waals surface area contributed by atoms with Crippen LogP contribution in [0.15, 0.2) is 18.2 Å². The Balaban J connectivity index is 2.37. The molecule has 0 aromatic heterocycles. The highest BCUT2D eigenvalue weighted by molar-refractivity contribution is 6.04. The zero-order chi connectivity index (χ0) is 12.6. The molecule has 0 saturated carbocycles. The van der Waals surface area contributed by atoms with Crippen molar-refractivity contribution >= 4 is 23.2 Å². The van der Waals surface area contributed by atoms with Crippen molar-refractivity contribution < 1.29 is 14.0 Å². The molecule has 1 unspecified atom stereocenters. The van der Waals surface area contributed by atoms with E-state index in [2.05, 4.69) is 5.32 Å². The Morgan fingerprint density at radius 2 is 2.18 bits per heavy atom. The quantitative estimate of drug-likeness (QED) is 0.542. The molecule has 90 valence electrons. The Morgan fingerprint density at radius 3 is 2.82 bits per heavy atom. The number of carbonyl (C=O) groups is 2. The summed E-state index contributed by atoms with van der Waals surface area (Å²) in [6, 6.07) is 3.57. The molecular weight excluding hydrogens is 225 g/mol. The maximum atomic E-state index is 13.7. The maximum absolute atomic E-state index is 13.7. The Morgan fingerprint density at radius 1 is 1.47 bits per heavy atom. The van der Waals surface area contributed by atoms with Crippen LogP contribution in [0.4, 0.5) is 15.8 Å². The van der Waals surface area contributed by atoms with Crippen LogP contribution in [-0.2, 0) is 9.59 Å². The van der Waals surface area contributed by atoms with Crippen molar-refractivity contribution in [3.05, 3.63) is 24.0 Å². The number of nitrogen functional groups attached to an aromatic ring is 1. The van der Waals surface area contributed by atoms with Crippen LogP contribution in [-0.4, -0.2) is 24.4 Å². The minimum Gasteiger partial charge on any atom is -0.399 e. The maximum Gasteiger partial charge on any atom is 0.249 e. The molecule has 0 radical (unpaired) electrons. The van der Waals surface area contributed by atoms with E-state index in [1.807, 2.05) is 0 Å². The van der Waals surface area contributed by atoms with Crippen molar-refractivity contribution in [3.8, 4) is 0 Å². The predicted octanol–water partition coefficient (Wildman–Crippen LogP) is 0.259. The molecule has 2 rings (SSSR count). The van der Waals surface area contributed by atoms with Crippen LogP contribution in [0.5, 0.6) is 0 Å². The number of carbonyl (C=O) groups excluding carboxylic acids is 2. The van der Waals surface area contributed by atoms with Gasteiger partial charge in [-0.15, -0.1) is 0 Å². The molecule has 2 amide bonds. The highest BCUT2D eigenvalue weighted by Gasteiger charge is 2.31. The normalized spacial score (nSPS) is 20.4. The van der Waals surface area contributed by atoms with Crippen molar-refractivity contribution in [1.29, 1.82) is 0 Å². The van der Waals surface area contributed by atoms with E-state index in [0.29, 0.717) is 5.69 Å². The molecule has 1 aliphatic rings. The summed E-state index contributed by atoms with van der Waals surface area (Å²) in [5.74, 6) is -1.42. The minimum atomic E-state index is -0.592. The number of imide groups is 1. The zero-order valence-corrected chi connectivity index (χ0v) is 9.24. The SMILES string of the molecule is CC1C(=O)NC(=O)CN1c1ccc(N)cc1F. The third-order valence-corrected chi connectivity index (χ3v) is 2.70. The van der Waals surface area contributed by atoms with Gasteiger partial charge in [-0.3, -0.25) is 14.9 Å². The highest BCUT2D eigenvalue weighted by Crippen LogP contribution is 2.24. The van der Waals surface area contributed by atoms with Gasteiger partial charge < -0.3 is 10.6 Å². The second-order valence-electron chi connectivity index (χ2n) is 3.93. The number of halogens is 1. The van der Waals surface area contributed by atoms with Gasteiger partial charge in [0.1, 0.15) is 11.9 Å². The first-order valence-corrected chi connectivity index (χ1v) is 5.14. The number of anilines is 2. The third-order valence-electron chi connectivity index (χ3n) is 2.70. The van der Waals surface area contributed by atoms with E-state index < -0.39 is 23.7 Å². The molecule has 3 N–H and O–H groups in total. The molecule has 1 aromatic carbocycles. The van der Waals surface area contributed by atoms with Gasteiger partial charge in [-0.1, -0.05) is 0 Å². The number of hydrogen-bond acceptors (Lipinski definition) is 4. The summed E-state index contributed by atoms with van der Waals surface area (Å²) < 4.78 is 13.7. The van der Waals surface area contributed by atoms with Crippen LogP contribution in [0.1, 0.15) is 6.92 Å². The number of nitrogens with zero attached hydrogens (tertiary/aromatic N) is 1. The summed E-state index contributed by atoms with van der Waals surface area (Å²) in [7, 11) is 0. The molecule has 1 aromatic rings. The Hall–Kier alpha value is -2.11. The van der Waals surface area contributed by atoms with Crippen LogP contribution in [0.3, 0.4) is 0 Å². The first-order valence-electron chi connectivity index (χ1n) is 5.14. The fourth-order valence-electron chi connectivity index (χ4n) is 1.76. The van der Waals surface area contributed by atoms with Crippen LogP contribution < -0.4 is 16.0 Å². The third kappa shape index (κ3) is 2.06. The second kappa shape index (κ2) is 4.04. The number of benzene rings is 1. The Labute approximate surface area is 97.4 Å². The monoisotopic (exact) mass is 237 g/mol. The molecule has 0 spiro atoms. The number of nitrogens with one attached hydrogen (secondary N) is 1. The van der Waals surface area contributed by atoms with Gasteiger partial charge in [-0.05, 0) is 25.1 Å². The lowest BCUT2D eigenvalue weighted by molar-refractivity contribution is -0.132. The van der Waals surface area contributed by atoms with E-state index >= 15 is 0 Å². The van der Waals surface area contributed by atoms with Crippen LogP contribution in [0, 0.1) is 5.82 Å². The smallest absolute Gasteiger partial charge is 0.249 e. The van der Waals surface area contributed by atoms with Crippen molar-refractivity contribution in [2.24, 2.45) is 0 Å². The first kappa shape index (κ1) is 11.4. The van der Waals surface area contributed by atoms with E-state index in [-0.39, 0.29) is 12.2 Å². The molecule has 0 bridgehead atoms. The Kier molecular flexibility index (Phi) is 2.71. The summed E-state index contributed by atoms with van der Waals surface area (Å²) in [6.45, 7) is 1.56. The topological polar surface area (TPSA) is 75.4 Å². The van der Waals surface area contributed by atoms with E-state index in [1.165, 1.54) is 23.1 Å². The largest absolute Gasteiger partial charge is 0.399 e. The van der Waals surface area contributed by atoms with Gasteiger partial charge in [0.15, 0.2) is 0 Å². The fourth-order valence-corrected chi connectivity index (χ4v) is 1.76. The van der Waals surface area contributed by atoms with Gasteiger partial charge in [0.25, 0.3) is 0 Å². The molecular formula is C11H12FN3O2. The molecule has 6 heteroatoms. The summed E-state index contributed by atoms with van der Waals surface area (Å²) in [5, 5.41) is 2.19. The lowest BCUT2D eigenvalue weighted by Gasteiger charge is -2.33. The van der Waals surface area contributed by atoms with Crippen molar-refractivity contribution in [3.63, 3.8) is 0 Å². The Bertz CT molecular complexity index is 490. The molecule has 0 aliphatic carbocycles. The van der Waals surface area contributed by atoms with E-state index in [9.17, 15) is 14.0 Å². The van der Waals surface area contributed by atoms with E-state index in [1.54, 1.807) is 6.92 Å². The molecule has 1 aliphatic heterocycles. The fraction of sp³-hybridized carbons (Fsp3) is 0.273. The van der Waals surface area contributed by atoms with Crippen LogP contribution in [0.25, 0.3) is 0 Å². The molecule has 1 fully saturated rings. The molecule has 17 heavy (non-hydrogen) atoms. The number of rotatable bonds is 1. The number of piperazine rings is 1.